The summed E-state index contributed by atoms with van der Waals surface area (Å²) in [6.07, 6.45) is 6.83. The smallest absolute Gasteiger partial charge is 0.396 e. The van der Waals surface area contributed by atoms with Crippen LogP contribution in [-0.4, -0.2) is 45.8 Å². The fraction of sp³-hybridized carbons (Fsp3) is 0.429. The van der Waals surface area contributed by atoms with Crippen molar-refractivity contribution >= 4 is 18.0 Å². The van der Waals surface area contributed by atoms with Crippen molar-refractivity contribution in [3.8, 4) is 0 Å². The molecule has 0 atom stereocenters. The van der Waals surface area contributed by atoms with Crippen molar-refractivity contribution in [2.75, 3.05) is 13.1 Å². The quantitative estimate of drug-likeness (QED) is 0.544. The molecule has 4 aliphatic heterocycles. The van der Waals surface area contributed by atoms with Crippen molar-refractivity contribution < 1.29 is 19.1 Å². The molecule has 2 bridgehead atoms. The molecule has 4 saturated heterocycles. The molecule has 21 heavy (non-hydrogen) atoms. The molecule has 1 aromatic heterocycles. The van der Waals surface area contributed by atoms with E-state index in [1.165, 1.54) is 6.33 Å². The highest BCUT2D eigenvalue weighted by Crippen LogP contribution is 2.47. The molecule has 108 valence electrons. The van der Waals surface area contributed by atoms with Gasteiger partial charge in [0.15, 0.2) is 0 Å². The number of carbonyl (C=O) groups is 2. The Morgan fingerprint density at radius 1 is 1.24 bits per heavy atom. The van der Waals surface area contributed by atoms with E-state index in [1.807, 2.05) is 11.0 Å². The number of nitrogens with zero attached hydrogens (tertiary/aromatic N) is 3. The van der Waals surface area contributed by atoms with Gasteiger partial charge in [-0.15, -0.1) is 0 Å². The van der Waals surface area contributed by atoms with E-state index in [2.05, 4.69) is 9.97 Å². The topological polar surface area (TPSA) is 81.6 Å². The number of esters is 2. The summed E-state index contributed by atoms with van der Waals surface area (Å²) in [5, 5.41) is 0. The molecule has 0 radical (unpaired) electrons. The number of rotatable bonds is 1. The van der Waals surface area contributed by atoms with E-state index < -0.39 is 17.8 Å². The van der Waals surface area contributed by atoms with Crippen LogP contribution in [0.3, 0.4) is 0 Å². The number of fused-ring (bicyclic) bond motifs is 2. The lowest BCUT2D eigenvalue weighted by molar-refractivity contribution is -0.251. The second-order valence-electron chi connectivity index (χ2n) is 5.36. The monoisotopic (exact) mass is 287 g/mol. The highest BCUT2D eigenvalue weighted by molar-refractivity contribution is 6.31. The lowest BCUT2D eigenvalue weighted by Crippen LogP contribution is -2.61. The van der Waals surface area contributed by atoms with E-state index in [-0.39, 0.29) is 5.92 Å². The van der Waals surface area contributed by atoms with Gasteiger partial charge in [-0.3, -0.25) is 0 Å². The summed E-state index contributed by atoms with van der Waals surface area (Å²) in [7, 11) is 0. The molecule has 0 aliphatic carbocycles. The van der Waals surface area contributed by atoms with Crippen molar-refractivity contribution in [1.82, 2.24) is 14.9 Å². The standard InChI is InChI=1S/C14H13N3O4/c18-12-13(19)21-14(20-12)11(7-10-1-4-15-8-16-10)9-2-5-17(14)6-3-9/h1,4,7-9H,2-3,5-6H2/b11-7+. The highest BCUT2D eigenvalue weighted by Gasteiger charge is 2.61. The average Bonchev–Trinajstić information content (AvgIpc) is 2.80. The number of ether oxygens (including phenoxy) is 2. The Hall–Kier alpha value is -2.28. The first-order chi connectivity index (χ1) is 10.2. The van der Waals surface area contributed by atoms with E-state index in [9.17, 15) is 9.59 Å². The Balaban J connectivity index is 1.81. The maximum atomic E-state index is 11.5. The first-order valence-electron chi connectivity index (χ1n) is 6.88. The second kappa shape index (κ2) is 4.36. The third-order valence-corrected chi connectivity index (χ3v) is 4.25. The van der Waals surface area contributed by atoms with Crippen LogP contribution in [0.2, 0.25) is 0 Å². The molecule has 0 N–H and O–H groups in total. The molecule has 4 fully saturated rings. The summed E-state index contributed by atoms with van der Waals surface area (Å²) in [6, 6.07) is 1.76. The van der Waals surface area contributed by atoms with Crippen LogP contribution in [-0.2, 0) is 19.1 Å². The van der Waals surface area contributed by atoms with Gasteiger partial charge in [-0.2, -0.15) is 0 Å². The molecule has 4 aliphatic rings. The SMILES string of the molecule is O=C1OC2(OC1=O)/C(=C/c1ccncn1)C1CCN2CC1. The normalized spacial score (nSPS) is 31.5. The zero-order chi connectivity index (χ0) is 14.4. The molecule has 5 rings (SSSR count). The van der Waals surface area contributed by atoms with Gasteiger partial charge in [-0.1, -0.05) is 0 Å². The van der Waals surface area contributed by atoms with Gasteiger partial charge in [0.25, 0.3) is 0 Å². The minimum Gasteiger partial charge on any atom is -0.396 e. The van der Waals surface area contributed by atoms with Crippen LogP contribution in [0.1, 0.15) is 18.5 Å². The molecular weight excluding hydrogens is 274 g/mol. The molecule has 0 aromatic carbocycles. The van der Waals surface area contributed by atoms with E-state index in [0.717, 1.165) is 31.5 Å². The van der Waals surface area contributed by atoms with E-state index in [1.54, 1.807) is 12.3 Å². The number of carbonyl (C=O) groups excluding carboxylic acids is 2. The largest absolute Gasteiger partial charge is 0.422 e. The third kappa shape index (κ3) is 1.77. The molecule has 0 amide bonds. The van der Waals surface area contributed by atoms with Crippen LogP contribution in [0.15, 0.2) is 24.2 Å². The first kappa shape index (κ1) is 12.5. The van der Waals surface area contributed by atoms with Crippen molar-refractivity contribution in [3.63, 3.8) is 0 Å². The van der Waals surface area contributed by atoms with Gasteiger partial charge in [0.1, 0.15) is 6.33 Å². The number of piperidine rings is 3. The van der Waals surface area contributed by atoms with Crippen molar-refractivity contribution in [3.05, 3.63) is 29.9 Å². The molecule has 1 aromatic rings. The van der Waals surface area contributed by atoms with Crippen LogP contribution in [0.5, 0.6) is 0 Å². The third-order valence-electron chi connectivity index (χ3n) is 4.25. The lowest BCUT2D eigenvalue weighted by atomic mass is 9.80. The zero-order valence-corrected chi connectivity index (χ0v) is 11.2. The second-order valence-corrected chi connectivity index (χ2v) is 5.36. The Bertz CT molecular complexity index is 619. The number of aromatic nitrogens is 2. The van der Waals surface area contributed by atoms with Gasteiger partial charge < -0.3 is 9.47 Å². The average molecular weight is 287 g/mol. The van der Waals surface area contributed by atoms with Gasteiger partial charge in [0, 0.05) is 24.9 Å². The number of hydrogen-bond donors (Lipinski definition) is 0. The summed E-state index contributed by atoms with van der Waals surface area (Å²) in [6.45, 7) is 1.48. The van der Waals surface area contributed by atoms with Crippen molar-refractivity contribution in [1.29, 1.82) is 0 Å². The van der Waals surface area contributed by atoms with Gasteiger partial charge in [0.05, 0.1) is 5.69 Å². The summed E-state index contributed by atoms with van der Waals surface area (Å²) < 4.78 is 10.6. The van der Waals surface area contributed by atoms with Gasteiger partial charge >= 0.3 is 17.8 Å². The van der Waals surface area contributed by atoms with Gasteiger partial charge in [-0.25, -0.2) is 24.5 Å². The predicted octanol–water partition coefficient (Wildman–Crippen LogP) is 0.339. The highest BCUT2D eigenvalue weighted by atomic mass is 16.8. The molecule has 1 spiro atoms. The Morgan fingerprint density at radius 3 is 2.57 bits per heavy atom. The maximum absolute atomic E-state index is 11.5. The summed E-state index contributed by atoms with van der Waals surface area (Å²) in [5.74, 6) is -3.00. The summed E-state index contributed by atoms with van der Waals surface area (Å²) in [5.41, 5.74) is 1.49. The lowest BCUT2D eigenvalue weighted by Gasteiger charge is -2.50. The first-order valence-corrected chi connectivity index (χ1v) is 6.88. The molecule has 7 heteroatoms. The number of hydrogen-bond acceptors (Lipinski definition) is 7. The van der Waals surface area contributed by atoms with Gasteiger partial charge in [-0.05, 0) is 30.9 Å². The predicted molar refractivity (Wildman–Crippen MR) is 69.2 cm³/mol. The van der Waals surface area contributed by atoms with Crippen molar-refractivity contribution in [2.24, 2.45) is 5.92 Å². The minimum absolute atomic E-state index is 0.226. The van der Waals surface area contributed by atoms with Crippen LogP contribution in [0.4, 0.5) is 0 Å². The van der Waals surface area contributed by atoms with Crippen LogP contribution in [0, 0.1) is 5.92 Å². The van der Waals surface area contributed by atoms with E-state index in [0.29, 0.717) is 5.69 Å². The molecule has 7 nitrogen and oxygen atoms in total. The molecular formula is C14H13N3O4. The fourth-order valence-corrected chi connectivity index (χ4v) is 3.28. The van der Waals surface area contributed by atoms with Gasteiger partial charge in [0.2, 0.25) is 0 Å². The fourth-order valence-electron chi connectivity index (χ4n) is 3.28. The van der Waals surface area contributed by atoms with Crippen LogP contribution >= 0.6 is 0 Å². The molecule has 0 unspecified atom stereocenters. The Morgan fingerprint density at radius 2 is 1.95 bits per heavy atom. The van der Waals surface area contributed by atoms with Crippen molar-refractivity contribution in [2.45, 2.75) is 18.8 Å². The van der Waals surface area contributed by atoms with E-state index >= 15 is 0 Å². The summed E-state index contributed by atoms with van der Waals surface area (Å²) in [4.78, 5) is 33.0. The zero-order valence-electron chi connectivity index (χ0n) is 11.2. The van der Waals surface area contributed by atoms with Crippen LogP contribution in [0.25, 0.3) is 6.08 Å². The van der Waals surface area contributed by atoms with Crippen LogP contribution < -0.4 is 0 Å². The Labute approximate surface area is 120 Å². The Kier molecular flexibility index (Phi) is 2.58. The minimum atomic E-state index is -1.36. The van der Waals surface area contributed by atoms with E-state index in [4.69, 9.17) is 9.47 Å². The molecule has 0 saturated carbocycles. The maximum Gasteiger partial charge on any atom is 0.422 e. The summed E-state index contributed by atoms with van der Waals surface area (Å²) >= 11 is 0. The molecule has 5 heterocycles.